The highest BCUT2D eigenvalue weighted by atomic mass is 32.2. The van der Waals surface area contributed by atoms with E-state index in [2.05, 4.69) is 9.71 Å². The first-order chi connectivity index (χ1) is 11.6. The average Bonchev–Trinajstić information content (AvgIpc) is 2.83. The van der Waals surface area contributed by atoms with E-state index >= 15 is 0 Å². The quantitative estimate of drug-likeness (QED) is 0.838. The summed E-state index contributed by atoms with van der Waals surface area (Å²) < 4.78 is 34.3. The SMILES string of the molecule is CCOc1ccc(S(=O)(=O)NC2CCCCCC2)c2cccnc12. The Morgan fingerprint density at radius 1 is 1.17 bits per heavy atom. The molecule has 1 saturated carbocycles. The summed E-state index contributed by atoms with van der Waals surface area (Å²) in [6.45, 7) is 2.41. The molecule has 1 N–H and O–H groups in total. The number of fused-ring (bicyclic) bond motifs is 1. The van der Waals surface area contributed by atoms with E-state index < -0.39 is 10.0 Å². The van der Waals surface area contributed by atoms with Gasteiger partial charge < -0.3 is 4.74 Å². The van der Waals surface area contributed by atoms with Gasteiger partial charge in [-0.25, -0.2) is 13.1 Å². The molecule has 6 heteroatoms. The van der Waals surface area contributed by atoms with Crippen LogP contribution in [0.5, 0.6) is 5.75 Å². The van der Waals surface area contributed by atoms with Crippen LogP contribution in [0.2, 0.25) is 0 Å². The Morgan fingerprint density at radius 3 is 2.62 bits per heavy atom. The molecular formula is C18H24N2O3S. The molecule has 1 aromatic heterocycles. The number of nitrogens with one attached hydrogen (secondary N) is 1. The van der Waals surface area contributed by atoms with Gasteiger partial charge in [-0.05, 0) is 44.0 Å². The van der Waals surface area contributed by atoms with Crippen molar-refractivity contribution in [2.75, 3.05) is 6.61 Å². The molecule has 24 heavy (non-hydrogen) atoms. The fourth-order valence-electron chi connectivity index (χ4n) is 3.31. The molecule has 1 aliphatic rings. The molecule has 0 saturated heterocycles. The lowest BCUT2D eigenvalue weighted by atomic mass is 10.1. The maximum Gasteiger partial charge on any atom is 0.241 e. The molecule has 3 rings (SSSR count). The highest BCUT2D eigenvalue weighted by Gasteiger charge is 2.24. The fraction of sp³-hybridized carbons (Fsp3) is 0.500. The van der Waals surface area contributed by atoms with E-state index in [1.165, 1.54) is 12.8 Å². The van der Waals surface area contributed by atoms with Crippen molar-refractivity contribution in [3.8, 4) is 5.75 Å². The van der Waals surface area contributed by atoms with Crippen molar-refractivity contribution in [3.63, 3.8) is 0 Å². The van der Waals surface area contributed by atoms with E-state index in [-0.39, 0.29) is 10.9 Å². The number of aromatic nitrogens is 1. The monoisotopic (exact) mass is 348 g/mol. The smallest absolute Gasteiger partial charge is 0.241 e. The van der Waals surface area contributed by atoms with Crippen molar-refractivity contribution in [3.05, 3.63) is 30.5 Å². The highest BCUT2D eigenvalue weighted by molar-refractivity contribution is 7.89. The van der Waals surface area contributed by atoms with Crippen LogP contribution >= 0.6 is 0 Å². The molecular weight excluding hydrogens is 324 g/mol. The van der Waals surface area contributed by atoms with Crippen LogP contribution in [0.25, 0.3) is 10.9 Å². The lowest BCUT2D eigenvalue weighted by Crippen LogP contribution is -2.34. The number of nitrogens with zero attached hydrogens (tertiary/aromatic N) is 1. The minimum Gasteiger partial charge on any atom is -0.492 e. The van der Waals surface area contributed by atoms with Crippen LogP contribution in [-0.4, -0.2) is 26.1 Å². The summed E-state index contributed by atoms with van der Waals surface area (Å²) in [5.41, 5.74) is 0.586. The second-order valence-electron chi connectivity index (χ2n) is 6.20. The van der Waals surface area contributed by atoms with Gasteiger partial charge in [0.15, 0.2) is 0 Å². The Kier molecular flexibility index (Phi) is 5.36. The van der Waals surface area contributed by atoms with E-state index in [9.17, 15) is 8.42 Å². The average molecular weight is 348 g/mol. The topological polar surface area (TPSA) is 68.3 Å². The zero-order chi connectivity index (χ0) is 17.0. The summed E-state index contributed by atoms with van der Waals surface area (Å²) in [7, 11) is -3.58. The minimum absolute atomic E-state index is 0.0239. The predicted molar refractivity (Wildman–Crippen MR) is 94.7 cm³/mol. The minimum atomic E-state index is -3.58. The van der Waals surface area contributed by atoms with Gasteiger partial charge >= 0.3 is 0 Å². The standard InChI is InChI=1S/C18H24N2O3S/c1-2-23-16-11-12-17(15-10-7-13-19-18(15)16)24(21,22)20-14-8-5-3-4-6-9-14/h7,10-14,20H,2-6,8-9H2,1H3. The van der Waals surface area contributed by atoms with E-state index in [0.29, 0.717) is 23.3 Å². The highest BCUT2D eigenvalue weighted by Crippen LogP contribution is 2.30. The van der Waals surface area contributed by atoms with Crippen LogP contribution in [0.4, 0.5) is 0 Å². The molecule has 130 valence electrons. The van der Waals surface area contributed by atoms with Crippen molar-refractivity contribution in [2.24, 2.45) is 0 Å². The molecule has 1 heterocycles. The van der Waals surface area contributed by atoms with Crippen molar-refractivity contribution in [2.45, 2.75) is 56.4 Å². The Morgan fingerprint density at radius 2 is 1.92 bits per heavy atom. The number of benzene rings is 1. The number of hydrogen-bond acceptors (Lipinski definition) is 4. The lowest BCUT2D eigenvalue weighted by molar-refractivity contribution is 0.343. The first kappa shape index (κ1) is 17.2. The number of pyridine rings is 1. The van der Waals surface area contributed by atoms with Crippen LogP contribution < -0.4 is 9.46 Å². The van der Waals surface area contributed by atoms with Gasteiger partial charge in [0.1, 0.15) is 11.3 Å². The molecule has 0 radical (unpaired) electrons. The molecule has 0 spiro atoms. The van der Waals surface area contributed by atoms with E-state index in [1.54, 1.807) is 30.5 Å². The largest absolute Gasteiger partial charge is 0.492 e. The zero-order valence-electron chi connectivity index (χ0n) is 14.0. The number of sulfonamides is 1. The first-order valence-electron chi connectivity index (χ1n) is 8.64. The summed E-state index contributed by atoms with van der Waals surface area (Å²) in [6, 6.07) is 6.87. The van der Waals surface area contributed by atoms with Gasteiger partial charge in [0.25, 0.3) is 0 Å². The summed E-state index contributed by atoms with van der Waals surface area (Å²) in [4.78, 5) is 4.59. The van der Waals surface area contributed by atoms with Gasteiger partial charge in [-0.1, -0.05) is 25.7 Å². The number of ether oxygens (including phenoxy) is 1. The predicted octanol–water partition coefficient (Wildman–Crippen LogP) is 3.63. The summed E-state index contributed by atoms with van der Waals surface area (Å²) in [5.74, 6) is 0.613. The normalized spacial score (nSPS) is 16.9. The second kappa shape index (κ2) is 7.49. The van der Waals surface area contributed by atoms with Crippen LogP contribution in [0.1, 0.15) is 45.4 Å². The first-order valence-corrected chi connectivity index (χ1v) is 10.1. The van der Waals surface area contributed by atoms with Crippen molar-refractivity contribution in [1.82, 2.24) is 9.71 Å². The molecule has 1 aromatic carbocycles. The van der Waals surface area contributed by atoms with Gasteiger partial charge in [-0.3, -0.25) is 4.98 Å². The molecule has 0 aliphatic heterocycles. The zero-order valence-corrected chi connectivity index (χ0v) is 14.8. The maximum atomic E-state index is 12.9. The Balaban J connectivity index is 1.97. The molecule has 2 aromatic rings. The van der Waals surface area contributed by atoms with Gasteiger partial charge in [0, 0.05) is 17.6 Å². The van der Waals surface area contributed by atoms with Gasteiger partial charge in [0.05, 0.1) is 11.5 Å². The lowest BCUT2D eigenvalue weighted by Gasteiger charge is -2.18. The Hall–Kier alpha value is -1.66. The molecule has 0 atom stereocenters. The maximum absolute atomic E-state index is 12.9. The van der Waals surface area contributed by atoms with E-state index in [0.717, 1.165) is 25.7 Å². The summed E-state index contributed by atoms with van der Waals surface area (Å²) in [6.07, 6.45) is 8.01. The Bertz CT molecular complexity index is 797. The molecule has 0 bridgehead atoms. The van der Waals surface area contributed by atoms with Crippen LogP contribution in [-0.2, 0) is 10.0 Å². The third kappa shape index (κ3) is 3.70. The van der Waals surface area contributed by atoms with Crippen molar-refractivity contribution >= 4 is 20.9 Å². The molecule has 5 nitrogen and oxygen atoms in total. The second-order valence-corrected chi connectivity index (χ2v) is 7.89. The van der Waals surface area contributed by atoms with Crippen molar-refractivity contribution < 1.29 is 13.2 Å². The third-order valence-electron chi connectivity index (χ3n) is 4.46. The van der Waals surface area contributed by atoms with E-state index in [1.807, 2.05) is 6.92 Å². The molecule has 1 fully saturated rings. The van der Waals surface area contributed by atoms with Crippen LogP contribution in [0, 0.1) is 0 Å². The molecule has 1 aliphatic carbocycles. The van der Waals surface area contributed by atoms with Crippen LogP contribution in [0.3, 0.4) is 0 Å². The fourth-order valence-corrected chi connectivity index (χ4v) is 4.81. The van der Waals surface area contributed by atoms with Gasteiger partial charge in [-0.2, -0.15) is 0 Å². The molecule has 0 amide bonds. The summed E-state index contributed by atoms with van der Waals surface area (Å²) >= 11 is 0. The third-order valence-corrected chi connectivity index (χ3v) is 6.04. The van der Waals surface area contributed by atoms with Crippen LogP contribution in [0.15, 0.2) is 35.4 Å². The van der Waals surface area contributed by atoms with Gasteiger partial charge in [0.2, 0.25) is 10.0 Å². The van der Waals surface area contributed by atoms with Gasteiger partial charge in [-0.15, -0.1) is 0 Å². The van der Waals surface area contributed by atoms with Crippen molar-refractivity contribution in [1.29, 1.82) is 0 Å². The molecule has 0 unspecified atom stereocenters. The Labute approximate surface area is 143 Å². The van der Waals surface area contributed by atoms with E-state index in [4.69, 9.17) is 4.74 Å². The summed E-state index contributed by atoms with van der Waals surface area (Å²) in [5, 5.41) is 0.601. The number of hydrogen-bond donors (Lipinski definition) is 1. The number of rotatable bonds is 5.